The molecule has 0 unspecified atom stereocenters. The van der Waals surface area contributed by atoms with Crippen LogP contribution in [0.1, 0.15) is 19.8 Å². The molecule has 0 amide bonds. The standard InChI is InChI=1S/C8H12O2/c1-2-10-8-5-3-4-7(9)6-8/h4,6,9H,2-3,5H2,1H3/p-1. The maximum Gasteiger partial charge on any atom is 0.0956 e. The molecule has 0 aliphatic heterocycles. The van der Waals surface area contributed by atoms with Gasteiger partial charge < -0.3 is 9.84 Å². The first-order chi connectivity index (χ1) is 4.83. The van der Waals surface area contributed by atoms with Gasteiger partial charge >= 0.3 is 0 Å². The molecule has 0 spiro atoms. The topological polar surface area (TPSA) is 32.3 Å². The lowest BCUT2D eigenvalue weighted by atomic mass is 10.1. The first-order valence-corrected chi connectivity index (χ1v) is 3.53. The highest BCUT2D eigenvalue weighted by molar-refractivity contribution is 5.17. The quantitative estimate of drug-likeness (QED) is 0.570. The van der Waals surface area contributed by atoms with E-state index in [0.717, 1.165) is 18.6 Å². The van der Waals surface area contributed by atoms with Crippen molar-refractivity contribution in [3.05, 3.63) is 23.7 Å². The Morgan fingerprint density at radius 3 is 3.10 bits per heavy atom. The Hall–Kier alpha value is -0.920. The van der Waals surface area contributed by atoms with E-state index in [4.69, 9.17) is 4.74 Å². The SMILES string of the molecule is CCOC1=CC([O-])=CCC1. The van der Waals surface area contributed by atoms with Gasteiger partial charge in [-0.3, -0.25) is 0 Å². The summed E-state index contributed by atoms with van der Waals surface area (Å²) in [5.74, 6) is 0.907. The largest absolute Gasteiger partial charge is 0.873 e. The van der Waals surface area contributed by atoms with E-state index in [0.29, 0.717) is 6.61 Å². The fourth-order valence-corrected chi connectivity index (χ4v) is 0.946. The van der Waals surface area contributed by atoms with Crippen LogP contribution in [0.25, 0.3) is 0 Å². The van der Waals surface area contributed by atoms with Gasteiger partial charge in [0.05, 0.1) is 12.4 Å². The molecular weight excluding hydrogens is 128 g/mol. The molecule has 56 valence electrons. The van der Waals surface area contributed by atoms with Crippen molar-refractivity contribution in [2.24, 2.45) is 0 Å². The lowest BCUT2D eigenvalue weighted by molar-refractivity contribution is -0.296. The fraction of sp³-hybridized carbons (Fsp3) is 0.500. The molecule has 0 aromatic carbocycles. The van der Waals surface area contributed by atoms with Gasteiger partial charge in [0, 0.05) is 6.42 Å². The zero-order valence-corrected chi connectivity index (χ0v) is 6.09. The maximum absolute atomic E-state index is 10.7. The third-order valence-electron chi connectivity index (χ3n) is 1.37. The molecule has 0 bridgehead atoms. The summed E-state index contributed by atoms with van der Waals surface area (Å²) in [6.45, 7) is 2.57. The Balaban J connectivity index is 2.51. The molecule has 2 heteroatoms. The van der Waals surface area contributed by atoms with Crippen molar-refractivity contribution in [3.8, 4) is 0 Å². The minimum Gasteiger partial charge on any atom is -0.873 e. The summed E-state index contributed by atoms with van der Waals surface area (Å²) in [5, 5.41) is 10.7. The van der Waals surface area contributed by atoms with Crippen molar-refractivity contribution in [2.45, 2.75) is 19.8 Å². The van der Waals surface area contributed by atoms with E-state index in [-0.39, 0.29) is 5.76 Å². The summed E-state index contributed by atoms with van der Waals surface area (Å²) >= 11 is 0. The molecule has 0 N–H and O–H groups in total. The van der Waals surface area contributed by atoms with Crippen LogP contribution >= 0.6 is 0 Å². The van der Waals surface area contributed by atoms with Crippen LogP contribution in [0.15, 0.2) is 23.7 Å². The number of hydrogen-bond acceptors (Lipinski definition) is 2. The third kappa shape index (κ3) is 1.79. The van der Waals surface area contributed by atoms with Crippen LogP contribution in [0.2, 0.25) is 0 Å². The second-order valence-corrected chi connectivity index (χ2v) is 2.19. The minimum atomic E-state index is 0.0784. The molecular formula is C8H11O2-. The molecule has 1 aliphatic carbocycles. The van der Waals surface area contributed by atoms with Gasteiger partial charge in [-0.05, 0) is 19.4 Å². The summed E-state index contributed by atoms with van der Waals surface area (Å²) in [7, 11) is 0. The first kappa shape index (κ1) is 7.19. The summed E-state index contributed by atoms with van der Waals surface area (Å²) < 4.78 is 5.17. The predicted molar refractivity (Wildman–Crippen MR) is 37.0 cm³/mol. The number of hydrogen-bond donors (Lipinski definition) is 0. The maximum atomic E-state index is 10.7. The van der Waals surface area contributed by atoms with E-state index in [9.17, 15) is 5.11 Å². The summed E-state index contributed by atoms with van der Waals surface area (Å²) in [5.41, 5.74) is 0. The Morgan fingerprint density at radius 1 is 1.70 bits per heavy atom. The highest BCUT2D eigenvalue weighted by Gasteiger charge is 1.98. The molecule has 0 atom stereocenters. The lowest BCUT2D eigenvalue weighted by Gasteiger charge is -2.16. The van der Waals surface area contributed by atoms with E-state index in [1.54, 1.807) is 12.2 Å². The van der Waals surface area contributed by atoms with Crippen LogP contribution in [-0.4, -0.2) is 6.61 Å². The Labute approximate surface area is 60.8 Å². The summed E-state index contributed by atoms with van der Waals surface area (Å²) in [6, 6.07) is 0. The van der Waals surface area contributed by atoms with Gasteiger partial charge in [-0.25, -0.2) is 0 Å². The Kier molecular flexibility index (Phi) is 2.37. The molecule has 2 nitrogen and oxygen atoms in total. The molecule has 0 aromatic heterocycles. The van der Waals surface area contributed by atoms with Crippen LogP contribution in [0.3, 0.4) is 0 Å². The van der Waals surface area contributed by atoms with Crippen LogP contribution < -0.4 is 5.11 Å². The van der Waals surface area contributed by atoms with E-state index in [1.165, 1.54) is 0 Å². The third-order valence-corrected chi connectivity index (χ3v) is 1.37. The lowest BCUT2D eigenvalue weighted by Crippen LogP contribution is -2.06. The second-order valence-electron chi connectivity index (χ2n) is 2.19. The van der Waals surface area contributed by atoms with Crippen molar-refractivity contribution in [1.82, 2.24) is 0 Å². The first-order valence-electron chi connectivity index (χ1n) is 3.53. The molecule has 0 heterocycles. The normalized spacial score (nSPS) is 17.7. The summed E-state index contributed by atoms with van der Waals surface area (Å²) in [6.07, 6.45) is 4.94. The van der Waals surface area contributed by atoms with Gasteiger partial charge in [-0.1, -0.05) is 6.08 Å². The van der Waals surface area contributed by atoms with E-state index >= 15 is 0 Å². The predicted octanol–water partition coefficient (Wildman–Crippen LogP) is 0.945. The summed E-state index contributed by atoms with van der Waals surface area (Å²) in [4.78, 5) is 0. The average molecular weight is 139 g/mol. The van der Waals surface area contributed by atoms with E-state index < -0.39 is 0 Å². The van der Waals surface area contributed by atoms with Gasteiger partial charge in [-0.15, -0.1) is 5.76 Å². The zero-order valence-electron chi connectivity index (χ0n) is 6.09. The second kappa shape index (κ2) is 3.30. The number of ether oxygens (including phenoxy) is 1. The smallest absolute Gasteiger partial charge is 0.0956 e. The highest BCUT2D eigenvalue weighted by atomic mass is 16.5. The molecule has 0 aromatic rings. The Bertz CT molecular complexity index is 168. The van der Waals surface area contributed by atoms with E-state index in [2.05, 4.69) is 0 Å². The van der Waals surface area contributed by atoms with Gasteiger partial charge in [0.1, 0.15) is 0 Å². The van der Waals surface area contributed by atoms with Gasteiger partial charge in [0.2, 0.25) is 0 Å². The van der Waals surface area contributed by atoms with Crippen molar-refractivity contribution in [3.63, 3.8) is 0 Å². The monoisotopic (exact) mass is 139 g/mol. The van der Waals surface area contributed by atoms with Crippen molar-refractivity contribution in [2.75, 3.05) is 6.61 Å². The Morgan fingerprint density at radius 2 is 2.50 bits per heavy atom. The number of rotatable bonds is 2. The van der Waals surface area contributed by atoms with Gasteiger partial charge in [-0.2, -0.15) is 0 Å². The average Bonchev–Trinajstić information content (AvgIpc) is 1.88. The van der Waals surface area contributed by atoms with Crippen molar-refractivity contribution < 1.29 is 9.84 Å². The molecule has 0 radical (unpaired) electrons. The van der Waals surface area contributed by atoms with Gasteiger partial charge in [0.15, 0.2) is 0 Å². The highest BCUT2D eigenvalue weighted by Crippen LogP contribution is 2.14. The van der Waals surface area contributed by atoms with Crippen LogP contribution in [0.5, 0.6) is 0 Å². The van der Waals surface area contributed by atoms with Crippen LogP contribution in [0, 0.1) is 0 Å². The number of allylic oxidation sites excluding steroid dienone is 3. The zero-order chi connectivity index (χ0) is 7.40. The fourth-order valence-electron chi connectivity index (χ4n) is 0.946. The van der Waals surface area contributed by atoms with Crippen molar-refractivity contribution >= 4 is 0 Å². The van der Waals surface area contributed by atoms with Gasteiger partial charge in [0.25, 0.3) is 0 Å². The van der Waals surface area contributed by atoms with Crippen LogP contribution in [0.4, 0.5) is 0 Å². The molecule has 10 heavy (non-hydrogen) atoms. The van der Waals surface area contributed by atoms with E-state index in [1.807, 2.05) is 6.92 Å². The molecule has 0 fully saturated rings. The molecule has 0 saturated heterocycles. The van der Waals surface area contributed by atoms with Crippen LogP contribution in [-0.2, 0) is 4.74 Å². The van der Waals surface area contributed by atoms with Crippen molar-refractivity contribution in [1.29, 1.82) is 0 Å². The molecule has 0 saturated carbocycles. The minimum absolute atomic E-state index is 0.0784. The molecule has 1 aliphatic rings. The molecule has 1 rings (SSSR count).